The van der Waals surface area contributed by atoms with Gasteiger partial charge in [-0.25, -0.2) is 0 Å². The number of rotatable bonds is 3. The standard InChI is InChI=1S/C19H21ClN2O/c1-2-12-11-22-8-6-13(12)9-18(22)19(23)15-5-7-21-17-4-3-14(20)10-16(15)17/h2-5,7,10,12-13,18-19,23H,1,6,8-9,11H2/t12?,13?,18-,19+/m0/s1. The molecule has 3 nitrogen and oxygen atoms in total. The lowest BCUT2D eigenvalue weighted by atomic mass is 9.73. The second-order valence-electron chi connectivity index (χ2n) is 6.75. The second-order valence-corrected chi connectivity index (χ2v) is 7.19. The fourth-order valence-electron chi connectivity index (χ4n) is 4.31. The van der Waals surface area contributed by atoms with Gasteiger partial charge >= 0.3 is 0 Å². The van der Waals surface area contributed by atoms with E-state index in [2.05, 4.69) is 22.5 Å². The first kappa shape index (κ1) is 15.1. The zero-order valence-electron chi connectivity index (χ0n) is 13.0. The summed E-state index contributed by atoms with van der Waals surface area (Å²) >= 11 is 6.15. The van der Waals surface area contributed by atoms with Crippen molar-refractivity contribution in [1.82, 2.24) is 9.88 Å². The Balaban J connectivity index is 1.69. The molecule has 2 aromatic rings. The van der Waals surface area contributed by atoms with E-state index in [1.165, 1.54) is 6.42 Å². The molecule has 0 radical (unpaired) electrons. The third-order valence-electron chi connectivity index (χ3n) is 5.57. The van der Waals surface area contributed by atoms with E-state index >= 15 is 0 Å². The molecule has 0 saturated carbocycles. The van der Waals surface area contributed by atoms with Crippen molar-refractivity contribution in [2.24, 2.45) is 11.8 Å². The molecule has 3 aliphatic heterocycles. The van der Waals surface area contributed by atoms with Crippen molar-refractivity contribution in [2.75, 3.05) is 13.1 Å². The fraction of sp³-hybridized carbons (Fsp3) is 0.421. The van der Waals surface area contributed by atoms with Crippen molar-refractivity contribution in [3.05, 3.63) is 53.7 Å². The maximum Gasteiger partial charge on any atom is 0.0952 e. The summed E-state index contributed by atoms with van der Waals surface area (Å²) in [5.74, 6) is 1.21. The maximum atomic E-state index is 11.1. The lowest BCUT2D eigenvalue weighted by molar-refractivity contribution is -0.0444. The predicted octanol–water partition coefficient (Wildman–Crippen LogP) is 3.82. The Morgan fingerprint density at radius 3 is 3.00 bits per heavy atom. The highest BCUT2D eigenvalue weighted by Crippen LogP contribution is 2.42. The molecule has 5 rings (SSSR count). The zero-order valence-corrected chi connectivity index (χ0v) is 13.8. The van der Waals surface area contributed by atoms with Gasteiger partial charge in [0, 0.05) is 29.2 Å². The first-order valence-electron chi connectivity index (χ1n) is 8.26. The molecule has 2 bridgehead atoms. The van der Waals surface area contributed by atoms with Crippen LogP contribution in [0.4, 0.5) is 0 Å². The number of fused-ring (bicyclic) bond motifs is 4. The van der Waals surface area contributed by atoms with Gasteiger partial charge in [-0.15, -0.1) is 6.58 Å². The van der Waals surface area contributed by atoms with Crippen molar-refractivity contribution in [3.8, 4) is 0 Å². The zero-order chi connectivity index (χ0) is 16.0. The molecule has 3 unspecified atom stereocenters. The number of piperidine rings is 3. The SMILES string of the molecule is C=CC1CN2CCC1C[C@H]2[C@H](O)c1ccnc2ccc(Cl)cc12. The van der Waals surface area contributed by atoms with Crippen LogP contribution in [-0.4, -0.2) is 34.1 Å². The monoisotopic (exact) mass is 328 g/mol. The number of aromatic nitrogens is 1. The van der Waals surface area contributed by atoms with Crippen LogP contribution in [0.3, 0.4) is 0 Å². The van der Waals surface area contributed by atoms with Crippen molar-refractivity contribution >= 4 is 22.5 Å². The van der Waals surface area contributed by atoms with Gasteiger partial charge in [-0.2, -0.15) is 0 Å². The smallest absolute Gasteiger partial charge is 0.0952 e. The molecule has 4 heterocycles. The summed E-state index contributed by atoms with van der Waals surface area (Å²) in [6.45, 7) is 6.05. The summed E-state index contributed by atoms with van der Waals surface area (Å²) < 4.78 is 0. The molecule has 23 heavy (non-hydrogen) atoms. The van der Waals surface area contributed by atoms with E-state index in [0.717, 1.165) is 36.0 Å². The van der Waals surface area contributed by atoms with Gasteiger partial charge in [-0.1, -0.05) is 17.7 Å². The van der Waals surface area contributed by atoms with Gasteiger partial charge in [0.05, 0.1) is 11.6 Å². The number of aliphatic hydroxyl groups is 1. The van der Waals surface area contributed by atoms with Crippen LogP contribution >= 0.6 is 11.6 Å². The number of hydrogen-bond acceptors (Lipinski definition) is 3. The molecule has 1 aromatic carbocycles. The molecule has 3 saturated heterocycles. The summed E-state index contributed by atoms with van der Waals surface area (Å²) in [6, 6.07) is 7.76. The Hall–Kier alpha value is -1.42. The van der Waals surface area contributed by atoms with Crippen LogP contribution in [0.25, 0.3) is 10.9 Å². The Morgan fingerprint density at radius 1 is 1.39 bits per heavy atom. The van der Waals surface area contributed by atoms with E-state index in [9.17, 15) is 5.11 Å². The van der Waals surface area contributed by atoms with Crippen molar-refractivity contribution in [3.63, 3.8) is 0 Å². The van der Waals surface area contributed by atoms with Gasteiger partial charge in [0.25, 0.3) is 0 Å². The molecule has 4 heteroatoms. The van der Waals surface area contributed by atoms with Crippen molar-refractivity contribution < 1.29 is 5.11 Å². The van der Waals surface area contributed by atoms with Gasteiger partial charge in [-0.3, -0.25) is 9.88 Å². The number of pyridine rings is 1. The number of hydrogen-bond donors (Lipinski definition) is 1. The van der Waals surface area contributed by atoms with Crippen LogP contribution in [0.15, 0.2) is 43.1 Å². The quantitative estimate of drug-likeness (QED) is 0.870. The average Bonchev–Trinajstić information content (AvgIpc) is 2.60. The Morgan fingerprint density at radius 2 is 2.26 bits per heavy atom. The van der Waals surface area contributed by atoms with Crippen LogP contribution in [0.1, 0.15) is 24.5 Å². The molecule has 3 fully saturated rings. The molecule has 0 amide bonds. The van der Waals surface area contributed by atoms with Gasteiger partial charge in [-0.05, 0) is 61.1 Å². The van der Waals surface area contributed by atoms with E-state index in [-0.39, 0.29) is 6.04 Å². The minimum atomic E-state index is -0.507. The summed E-state index contributed by atoms with van der Waals surface area (Å²) in [5.41, 5.74) is 1.82. The number of benzene rings is 1. The predicted molar refractivity (Wildman–Crippen MR) is 93.5 cm³/mol. The Kier molecular flexibility index (Phi) is 3.88. The summed E-state index contributed by atoms with van der Waals surface area (Å²) in [7, 11) is 0. The highest BCUT2D eigenvalue weighted by molar-refractivity contribution is 6.31. The Labute approximate surface area is 141 Å². The lowest BCUT2D eigenvalue weighted by Gasteiger charge is -2.50. The lowest BCUT2D eigenvalue weighted by Crippen LogP contribution is -2.54. The Bertz CT molecular complexity index is 747. The first-order chi connectivity index (χ1) is 11.2. The normalized spacial score (nSPS) is 31.2. The summed E-state index contributed by atoms with van der Waals surface area (Å²) in [6.07, 6.45) is 5.59. The molecule has 0 aliphatic carbocycles. The largest absolute Gasteiger partial charge is 0.387 e. The van der Waals surface area contributed by atoms with Crippen LogP contribution in [0.2, 0.25) is 5.02 Å². The van der Waals surface area contributed by atoms with Crippen molar-refractivity contribution in [2.45, 2.75) is 25.0 Å². The molecule has 5 atom stereocenters. The van der Waals surface area contributed by atoms with Crippen LogP contribution in [0.5, 0.6) is 0 Å². The summed E-state index contributed by atoms with van der Waals surface area (Å²) in [4.78, 5) is 6.81. The minimum absolute atomic E-state index is 0.175. The minimum Gasteiger partial charge on any atom is -0.387 e. The first-order valence-corrected chi connectivity index (χ1v) is 8.64. The molecular weight excluding hydrogens is 308 g/mol. The van der Waals surface area contributed by atoms with Gasteiger partial charge < -0.3 is 5.11 Å². The van der Waals surface area contributed by atoms with E-state index in [1.807, 2.05) is 24.3 Å². The molecule has 1 aromatic heterocycles. The molecule has 1 N–H and O–H groups in total. The average molecular weight is 329 g/mol. The van der Waals surface area contributed by atoms with E-state index in [0.29, 0.717) is 16.9 Å². The van der Waals surface area contributed by atoms with Gasteiger partial charge in [0.15, 0.2) is 0 Å². The van der Waals surface area contributed by atoms with Crippen LogP contribution in [-0.2, 0) is 0 Å². The summed E-state index contributed by atoms with van der Waals surface area (Å²) in [5, 5.41) is 12.7. The third-order valence-corrected chi connectivity index (χ3v) is 5.81. The van der Waals surface area contributed by atoms with Gasteiger partial charge in [0.1, 0.15) is 0 Å². The second kappa shape index (κ2) is 5.90. The highest BCUT2D eigenvalue weighted by Gasteiger charge is 2.42. The van der Waals surface area contributed by atoms with Gasteiger partial charge in [0.2, 0.25) is 0 Å². The van der Waals surface area contributed by atoms with E-state index < -0.39 is 6.10 Å². The molecular formula is C19H21ClN2O. The van der Waals surface area contributed by atoms with Crippen LogP contribution in [0, 0.1) is 11.8 Å². The topological polar surface area (TPSA) is 36.4 Å². The van der Waals surface area contributed by atoms with E-state index in [4.69, 9.17) is 11.6 Å². The third kappa shape index (κ3) is 2.57. The van der Waals surface area contributed by atoms with Crippen LogP contribution < -0.4 is 0 Å². The molecule has 0 spiro atoms. The number of nitrogens with zero attached hydrogens (tertiary/aromatic N) is 2. The maximum absolute atomic E-state index is 11.1. The number of halogens is 1. The van der Waals surface area contributed by atoms with E-state index in [1.54, 1.807) is 6.20 Å². The fourth-order valence-corrected chi connectivity index (χ4v) is 4.48. The van der Waals surface area contributed by atoms with Crippen molar-refractivity contribution in [1.29, 1.82) is 0 Å². The molecule has 3 aliphatic rings. The number of aliphatic hydroxyl groups excluding tert-OH is 1. The highest BCUT2D eigenvalue weighted by atomic mass is 35.5. The molecule has 120 valence electrons.